The van der Waals surface area contributed by atoms with Gasteiger partial charge in [0.1, 0.15) is 12.3 Å². The largest absolute Gasteiger partial charge is 0.482 e. The van der Waals surface area contributed by atoms with E-state index >= 15 is 0 Å². The predicted octanol–water partition coefficient (Wildman–Crippen LogP) is 1.38. The third kappa shape index (κ3) is 3.71. The molecule has 2 rings (SSSR count). The maximum Gasteiger partial charge on any atom is 0.265 e. The van der Waals surface area contributed by atoms with Crippen LogP contribution in [0.4, 0.5) is 5.69 Å². The van der Waals surface area contributed by atoms with Crippen LogP contribution >= 0.6 is 0 Å². The van der Waals surface area contributed by atoms with E-state index in [1.807, 2.05) is 6.07 Å². The van der Waals surface area contributed by atoms with Gasteiger partial charge >= 0.3 is 0 Å². The van der Waals surface area contributed by atoms with Crippen LogP contribution in [0.5, 0.6) is 5.75 Å². The molecule has 126 valence electrons. The number of nitriles is 1. The molecule has 0 spiro atoms. The summed E-state index contributed by atoms with van der Waals surface area (Å²) in [6.45, 7) is 1.76. The third-order valence-electron chi connectivity index (χ3n) is 3.82. The van der Waals surface area contributed by atoms with Crippen LogP contribution in [0.2, 0.25) is 0 Å². The maximum atomic E-state index is 12.3. The van der Waals surface area contributed by atoms with E-state index in [4.69, 9.17) is 10.00 Å². The molecule has 0 atom stereocenters. The second kappa shape index (κ2) is 7.59. The number of likely N-dealkylation sites (N-methyl/N-ethyl adjacent to an activating group) is 1. The van der Waals surface area contributed by atoms with Crippen molar-refractivity contribution >= 4 is 23.3 Å². The standard InChI is InChI=1S/C17H19N3O4/c1-3-14(21)12-5-6-15-13(9-12)20(17(23)11-24-15)10-16(22)19(2)8-4-7-18/h5-6,9H,3-4,8,10-11H2,1-2H3. The normalized spacial score (nSPS) is 12.9. The number of hydrogen-bond donors (Lipinski definition) is 0. The van der Waals surface area contributed by atoms with Gasteiger partial charge in [0.15, 0.2) is 12.4 Å². The molecule has 0 saturated carbocycles. The maximum absolute atomic E-state index is 12.3. The lowest BCUT2D eigenvalue weighted by Gasteiger charge is -2.30. The van der Waals surface area contributed by atoms with E-state index in [0.29, 0.717) is 30.0 Å². The predicted molar refractivity (Wildman–Crippen MR) is 86.8 cm³/mol. The summed E-state index contributed by atoms with van der Waals surface area (Å²) >= 11 is 0. The number of nitrogens with zero attached hydrogens (tertiary/aromatic N) is 3. The van der Waals surface area contributed by atoms with Gasteiger partial charge in [-0.2, -0.15) is 5.26 Å². The number of anilines is 1. The topological polar surface area (TPSA) is 90.7 Å². The number of amides is 2. The fourth-order valence-electron chi connectivity index (χ4n) is 2.35. The molecule has 0 N–H and O–H groups in total. The van der Waals surface area contributed by atoms with Crippen LogP contribution in [0.3, 0.4) is 0 Å². The van der Waals surface area contributed by atoms with Gasteiger partial charge < -0.3 is 9.64 Å². The van der Waals surface area contributed by atoms with Gasteiger partial charge in [-0.1, -0.05) is 6.92 Å². The first-order valence-electron chi connectivity index (χ1n) is 7.69. The highest BCUT2D eigenvalue weighted by Gasteiger charge is 2.29. The van der Waals surface area contributed by atoms with E-state index in [2.05, 4.69) is 0 Å². The van der Waals surface area contributed by atoms with Crippen LogP contribution in [0.1, 0.15) is 30.1 Å². The first kappa shape index (κ1) is 17.5. The zero-order chi connectivity index (χ0) is 17.7. The van der Waals surface area contributed by atoms with Crippen molar-refractivity contribution in [2.24, 2.45) is 0 Å². The second-order valence-electron chi connectivity index (χ2n) is 5.45. The first-order chi connectivity index (χ1) is 11.5. The van der Waals surface area contributed by atoms with Gasteiger partial charge in [0.05, 0.1) is 18.2 Å². The minimum absolute atomic E-state index is 0.0479. The number of ether oxygens (including phenoxy) is 1. The van der Waals surface area contributed by atoms with Crippen molar-refractivity contribution in [1.82, 2.24) is 4.90 Å². The summed E-state index contributed by atoms with van der Waals surface area (Å²) in [5.41, 5.74) is 0.900. The smallest absolute Gasteiger partial charge is 0.265 e. The Bertz CT molecular complexity index is 708. The fourth-order valence-corrected chi connectivity index (χ4v) is 2.35. The Hall–Kier alpha value is -2.88. The van der Waals surface area contributed by atoms with E-state index in [9.17, 15) is 14.4 Å². The number of carbonyl (C=O) groups is 3. The van der Waals surface area contributed by atoms with Crippen molar-refractivity contribution in [2.45, 2.75) is 19.8 Å². The molecule has 1 aliphatic heterocycles. The minimum atomic E-state index is -0.342. The molecule has 1 aromatic rings. The molecular formula is C17H19N3O4. The van der Waals surface area contributed by atoms with Crippen LogP contribution < -0.4 is 9.64 Å². The van der Waals surface area contributed by atoms with Crippen molar-refractivity contribution in [3.05, 3.63) is 23.8 Å². The van der Waals surface area contributed by atoms with Crippen molar-refractivity contribution in [3.63, 3.8) is 0 Å². The number of rotatable bonds is 6. The lowest BCUT2D eigenvalue weighted by atomic mass is 10.1. The summed E-state index contributed by atoms with van der Waals surface area (Å²) in [6.07, 6.45) is 0.578. The van der Waals surface area contributed by atoms with Crippen LogP contribution in [0.25, 0.3) is 0 Å². The summed E-state index contributed by atoms with van der Waals surface area (Å²) in [5.74, 6) is -0.202. The number of carbonyl (C=O) groups excluding carboxylic acids is 3. The lowest BCUT2D eigenvalue weighted by Crippen LogP contribution is -2.45. The Morgan fingerprint density at radius 2 is 2.17 bits per heavy atom. The molecule has 1 aliphatic rings. The van der Waals surface area contributed by atoms with Crippen molar-refractivity contribution < 1.29 is 19.1 Å². The molecule has 0 radical (unpaired) electrons. The molecule has 0 unspecified atom stereocenters. The summed E-state index contributed by atoms with van der Waals surface area (Å²) in [4.78, 5) is 39.1. The molecule has 0 saturated heterocycles. The van der Waals surface area contributed by atoms with E-state index in [1.165, 1.54) is 9.80 Å². The number of benzene rings is 1. The molecule has 0 fully saturated rings. The molecule has 2 amide bonds. The highest BCUT2D eigenvalue weighted by atomic mass is 16.5. The molecule has 7 nitrogen and oxygen atoms in total. The van der Waals surface area contributed by atoms with Crippen molar-refractivity contribution in [2.75, 3.05) is 31.6 Å². The molecule has 7 heteroatoms. The molecule has 1 aromatic carbocycles. The molecule has 0 aromatic heterocycles. The van der Waals surface area contributed by atoms with E-state index in [-0.39, 0.29) is 37.2 Å². The molecular weight excluding hydrogens is 310 g/mol. The van der Waals surface area contributed by atoms with Gasteiger partial charge in [-0.05, 0) is 18.2 Å². The van der Waals surface area contributed by atoms with E-state index < -0.39 is 0 Å². The van der Waals surface area contributed by atoms with Gasteiger partial charge in [0, 0.05) is 25.6 Å². The zero-order valence-corrected chi connectivity index (χ0v) is 13.7. The highest BCUT2D eigenvalue weighted by molar-refractivity contribution is 6.04. The van der Waals surface area contributed by atoms with Crippen LogP contribution in [0, 0.1) is 11.3 Å². The highest BCUT2D eigenvalue weighted by Crippen LogP contribution is 2.33. The Labute approximate surface area is 140 Å². The summed E-state index contributed by atoms with van der Waals surface area (Å²) in [6, 6.07) is 6.85. The average molecular weight is 329 g/mol. The zero-order valence-electron chi connectivity index (χ0n) is 13.7. The summed E-state index contributed by atoms with van der Waals surface area (Å²) < 4.78 is 5.37. The lowest BCUT2D eigenvalue weighted by molar-refractivity contribution is -0.130. The minimum Gasteiger partial charge on any atom is -0.482 e. The third-order valence-corrected chi connectivity index (χ3v) is 3.82. The Kier molecular flexibility index (Phi) is 5.53. The van der Waals surface area contributed by atoms with Gasteiger partial charge in [0.2, 0.25) is 5.91 Å². The Morgan fingerprint density at radius 1 is 1.42 bits per heavy atom. The number of ketones is 1. The van der Waals surface area contributed by atoms with Gasteiger partial charge in [0.25, 0.3) is 5.91 Å². The quantitative estimate of drug-likeness (QED) is 0.735. The number of hydrogen-bond acceptors (Lipinski definition) is 5. The van der Waals surface area contributed by atoms with Gasteiger partial charge in [-0.3, -0.25) is 19.3 Å². The van der Waals surface area contributed by atoms with Crippen LogP contribution in [0.15, 0.2) is 18.2 Å². The van der Waals surface area contributed by atoms with E-state index in [0.717, 1.165) is 0 Å². The fraction of sp³-hybridized carbons (Fsp3) is 0.412. The van der Waals surface area contributed by atoms with Crippen molar-refractivity contribution in [3.8, 4) is 11.8 Å². The van der Waals surface area contributed by atoms with Crippen LogP contribution in [-0.2, 0) is 9.59 Å². The Balaban J connectivity index is 2.25. The molecule has 0 aliphatic carbocycles. The summed E-state index contributed by atoms with van der Waals surface area (Å²) in [5, 5.41) is 8.60. The van der Waals surface area contributed by atoms with Crippen LogP contribution in [-0.4, -0.2) is 49.2 Å². The molecule has 0 bridgehead atoms. The summed E-state index contributed by atoms with van der Waals surface area (Å²) in [7, 11) is 1.59. The van der Waals surface area contributed by atoms with Crippen molar-refractivity contribution in [1.29, 1.82) is 5.26 Å². The SMILES string of the molecule is CCC(=O)c1ccc2c(c1)N(CC(=O)N(C)CCC#N)C(=O)CO2. The number of fused-ring (bicyclic) bond motifs is 1. The molecule has 1 heterocycles. The first-order valence-corrected chi connectivity index (χ1v) is 7.69. The van der Waals surface area contributed by atoms with Gasteiger partial charge in [-0.15, -0.1) is 0 Å². The van der Waals surface area contributed by atoms with Gasteiger partial charge in [-0.25, -0.2) is 0 Å². The molecule has 24 heavy (non-hydrogen) atoms. The Morgan fingerprint density at radius 3 is 2.83 bits per heavy atom. The second-order valence-corrected chi connectivity index (χ2v) is 5.45. The monoisotopic (exact) mass is 329 g/mol. The number of Topliss-reactive ketones (excluding diaryl/α,β-unsaturated/α-hetero) is 1. The average Bonchev–Trinajstić information content (AvgIpc) is 2.60. The van der Waals surface area contributed by atoms with E-state index in [1.54, 1.807) is 32.2 Å².